The normalized spacial score (nSPS) is 22.6. The van der Waals surface area contributed by atoms with Crippen molar-refractivity contribution in [3.8, 4) is 0 Å². The van der Waals surface area contributed by atoms with E-state index >= 15 is 0 Å². The first-order valence-corrected chi connectivity index (χ1v) is 4.69. The van der Waals surface area contributed by atoms with E-state index in [-0.39, 0.29) is 6.04 Å². The summed E-state index contributed by atoms with van der Waals surface area (Å²) < 4.78 is 0. The van der Waals surface area contributed by atoms with E-state index in [1.165, 1.54) is 7.05 Å². The van der Waals surface area contributed by atoms with Crippen molar-refractivity contribution in [2.24, 2.45) is 0 Å². The van der Waals surface area contributed by atoms with Crippen LogP contribution in [0, 0.1) is 0 Å². The van der Waals surface area contributed by atoms with Gasteiger partial charge in [-0.2, -0.15) is 0 Å². The van der Waals surface area contributed by atoms with Gasteiger partial charge in [-0.05, 0) is 26.2 Å². The van der Waals surface area contributed by atoms with Gasteiger partial charge in [-0.1, -0.05) is 0 Å². The largest absolute Gasteiger partial charge is 0.351 e. The summed E-state index contributed by atoms with van der Waals surface area (Å²) in [5, 5.41) is 2.35. The van der Waals surface area contributed by atoms with Crippen LogP contribution < -0.4 is 5.32 Å². The fourth-order valence-corrected chi connectivity index (χ4v) is 1.64. The summed E-state index contributed by atoms with van der Waals surface area (Å²) in [5.41, 5.74) is 0. The van der Waals surface area contributed by atoms with Crippen LogP contribution in [-0.2, 0) is 9.59 Å². The Morgan fingerprint density at radius 1 is 1.38 bits per heavy atom. The Balaban J connectivity index is 2.58. The number of hydrogen-bond donors (Lipinski definition) is 1. The molecule has 4 heteroatoms. The quantitative estimate of drug-likeness (QED) is 0.544. The van der Waals surface area contributed by atoms with Gasteiger partial charge in [0.2, 0.25) is 0 Å². The molecule has 0 aromatic rings. The Kier molecular flexibility index (Phi) is 3.28. The van der Waals surface area contributed by atoms with Crippen LogP contribution in [0.1, 0.15) is 26.2 Å². The maximum Gasteiger partial charge on any atom is 0.312 e. The van der Waals surface area contributed by atoms with Gasteiger partial charge in [-0.25, -0.2) is 0 Å². The lowest BCUT2D eigenvalue weighted by Crippen LogP contribution is -2.48. The molecule has 74 valence electrons. The first-order chi connectivity index (χ1) is 6.16. The second-order valence-corrected chi connectivity index (χ2v) is 3.42. The van der Waals surface area contributed by atoms with Crippen molar-refractivity contribution in [3.05, 3.63) is 0 Å². The molecule has 1 unspecified atom stereocenters. The van der Waals surface area contributed by atoms with Crippen molar-refractivity contribution in [3.63, 3.8) is 0 Å². The lowest BCUT2D eigenvalue weighted by molar-refractivity contribution is -0.147. The molecule has 1 aliphatic rings. The maximum absolute atomic E-state index is 11.5. The average molecular weight is 184 g/mol. The smallest absolute Gasteiger partial charge is 0.312 e. The zero-order valence-corrected chi connectivity index (χ0v) is 8.17. The van der Waals surface area contributed by atoms with E-state index in [1.54, 1.807) is 4.90 Å². The van der Waals surface area contributed by atoms with Crippen LogP contribution in [0.2, 0.25) is 0 Å². The van der Waals surface area contributed by atoms with E-state index in [2.05, 4.69) is 5.32 Å². The van der Waals surface area contributed by atoms with Gasteiger partial charge in [0.1, 0.15) is 0 Å². The van der Waals surface area contributed by atoms with Gasteiger partial charge >= 0.3 is 11.8 Å². The highest BCUT2D eigenvalue weighted by molar-refractivity contribution is 6.35. The number of nitrogens with zero attached hydrogens (tertiary/aromatic N) is 1. The number of carbonyl (C=O) groups is 2. The monoisotopic (exact) mass is 184 g/mol. The van der Waals surface area contributed by atoms with E-state index in [0.717, 1.165) is 19.3 Å². The Bertz CT molecular complexity index is 216. The van der Waals surface area contributed by atoms with Crippen LogP contribution in [0.3, 0.4) is 0 Å². The van der Waals surface area contributed by atoms with Gasteiger partial charge in [0.15, 0.2) is 0 Å². The molecular weight excluding hydrogens is 168 g/mol. The molecule has 1 heterocycles. The number of likely N-dealkylation sites (tertiary alicyclic amines) is 1. The van der Waals surface area contributed by atoms with Crippen molar-refractivity contribution >= 4 is 11.8 Å². The Morgan fingerprint density at radius 2 is 2.08 bits per heavy atom. The molecule has 1 fully saturated rings. The second kappa shape index (κ2) is 4.25. The molecule has 13 heavy (non-hydrogen) atoms. The number of nitrogens with one attached hydrogen (secondary N) is 1. The van der Waals surface area contributed by atoms with Gasteiger partial charge in [-0.15, -0.1) is 0 Å². The standard InChI is InChI=1S/C9H16N2O2/c1-7-5-3-4-6-11(7)9(13)8(12)10-2/h7H,3-6H2,1-2H3,(H,10,12). The van der Waals surface area contributed by atoms with Crippen LogP contribution in [0.25, 0.3) is 0 Å². The fourth-order valence-electron chi connectivity index (χ4n) is 1.64. The maximum atomic E-state index is 11.5. The lowest BCUT2D eigenvalue weighted by Gasteiger charge is -2.32. The third-order valence-electron chi connectivity index (χ3n) is 2.49. The summed E-state index contributed by atoms with van der Waals surface area (Å²) in [7, 11) is 1.48. The van der Waals surface area contributed by atoms with Crippen molar-refractivity contribution < 1.29 is 9.59 Å². The highest BCUT2D eigenvalue weighted by atomic mass is 16.2. The zero-order chi connectivity index (χ0) is 9.84. The highest BCUT2D eigenvalue weighted by Gasteiger charge is 2.26. The van der Waals surface area contributed by atoms with Crippen molar-refractivity contribution in [1.29, 1.82) is 0 Å². The van der Waals surface area contributed by atoms with Crippen LogP contribution >= 0.6 is 0 Å². The first-order valence-electron chi connectivity index (χ1n) is 4.69. The summed E-state index contributed by atoms with van der Waals surface area (Å²) in [5.74, 6) is -0.900. The fraction of sp³-hybridized carbons (Fsp3) is 0.778. The summed E-state index contributed by atoms with van der Waals surface area (Å²) in [6, 6.07) is 0.207. The third kappa shape index (κ3) is 2.20. The second-order valence-electron chi connectivity index (χ2n) is 3.42. The minimum Gasteiger partial charge on any atom is -0.351 e. The number of rotatable bonds is 0. The molecular formula is C9H16N2O2. The summed E-state index contributed by atoms with van der Waals surface area (Å²) >= 11 is 0. The molecule has 0 spiro atoms. The predicted molar refractivity (Wildman–Crippen MR) is 49.1 cm³/mol. The van der Waals surface area contributed by atoms with Crippen molar-refractivity contribution in [2.75, 3.05) is 13.6 Å². The SMILES string of the molecule is CNC(=O)C(=O)N1CCCCC1C. The van der Waals surface area contributed by atoms with Crippen LogP contribution in [-0.4, -0.2) is 36.3 Å². The van der Waals surface area contributed by atoms with Crippen LogP contribution in [0.15, 0.2) is 0 Å². The Hall–Kier alpha value is -1.06. The summed E-state index contributed by atoms with van der Waals surface area (Å²) in [6.45, 7) is 2.70. The van der Waals surface area contributed by atoms with Crippen molar-refractivity contribution in [1.82, 2.24) is 10.2 Å². The summed E-state index contributed by atoms with van der Waals surface area (Å²) in [4.78, 5) is 24.2. The molecule has 1 saturated heterocycles. The number of amides is 2. The summed E-state index contributed by atoms with van der Waals surface area (Å²) in [6.07, 6.45) is 3.16. The molecule has 4 nitrogen and oxygen atoms in total. The van der Waals surface area contributed by atoms with E-state index in [4.69, 9.17) is 0 Å². The van der Waals surface area contributed by atoms with E-state index in [9.17, 15) is 9.59 Å². The van der Waals surface area contributed by atoms with Gasteiger partial charge in [0, 0.05) is 19.6 Å². The number of likely N-dealkylation sites (N-methyl/N-ethyl adjacent to an activating group) is 1. The minimum absolute atomic E-state index is 0.207. The van der Waals surface area contributed by atoms with Gasteiger partial charge in [0.05, 0.1) is 0 Å². The molecule has 0 radical (unpaired) electrons. The number of carbonyl (C=O) groups excluding carboxylic acids is 2. The molecule has 1 rings (SSSR count). The van der Waals surface area contributed by atoms with Crippen LogP contribution in [0.5, 0.6) is 0 Å². The molecule has 1 N–H and O–H groups in total. The molecule has 0 saturated carbocycles. The molecule has 0 aromatic heterocycles. The average Bonchev–Trinajstić information content (AvgIpc) is 2.16. The molecule has 1 atom stereocenters. The molecule has 1 aliphatic heterocycles. The first kappa shape index (κ1) is 10.0. The molecule has 0 bridgehead atoms. The minimum atomic E-state index is -0.506. The van der Waals surface area contributed by atoms with E-state index in [1.807, 2.05) is 6.92 Å². The third-order valence-corrected chi connectivity index (χ3v) is 2.49. The van der Waals surface area contributed by atoms with Crippen molar-refractivity contribution in [2.45, 2.75) is 32.2 Å². The molecule has 2 amide bonds. The van der Waals surface area contributed by atoms with E-state index < -0.39 is 11.8 Å². The Labute approximate surface area is 78.3 Å². The lowest BCUT2D eigenvalue weighted by atomic mass is 10.0. The molecule has 0 aromatic carbocycles. The zero-order valence-electron chi connectivity index (χ0n) is 8.17. The van der Waals surface area contributed by atoms with Crippen LogP contribution in [0.4, 0.5) is 0 Å². The van der Waals surface area contributed by atoms with Gasteiger partial charge in [0.25, 0.3) is 0 Å². The van der Waals surface area contributed by atoms with E-state index in [0.29, 0.717) is 6.54 Å². The highest BCUT2D eigenvalue weighted by Crippen LogP contribution is 2.16. The number of hydrogen-bond acceptors (Lipinski definition) is 2. The number of piperidine rings is 1. The predicted octanol–water partition coefficient (Wildman–Crippen LogP) is 0.133. The molecule has 0 aliphatic carbocycles. The topological polar surface area (TPSA) is 49.4 Å². The van der Waals surface area contributed by atoms with Gasteiger partial charge in [-0.3, -0.25) is 9.59 Å². The Morgan fingerprint density at radius 3 is 2.62 bits per heavy atom. The van der Waals surface area contributed by atoms with Gasteiger partial charge < -0.3 is 10.2 Å².